The summed E-state index contributed by atoms with van der Waals surface area (Å²) < 4.78 is 10.5. The standard InChI is InChI=1S/C18H15NO3/c1-21-18(20)15-14(12-8-4-2-5-9-12)16(22-17(15)19)13-10-6-3-7-11-13/h2-11H,19H2,1H3. The first kappa shape index (κ1) is 13.9. The minimum atomic E-state index is -0.512. The van der Waals surface area contributed by atoms with Crippen LogP contribution in [0, 0.1) is 0 Å². The van der Waals surface area contributed by atoms with E-state index in [0.717, 1.165) is 11.1 Å². The van der Waals surface area contributed by atoms with Crippen molar-refractivity contribution in [1.29, 1.82) is 0 Å². The third-order valence-corrected chi connectivity index (χ3v) is 3.42. The Bertz CT molecular complexity index is 792. The van der Waals surface area contributed by atoms with E-state index in [1.165, 1.54) is 7.11 Å². The Balaban J connectivity index is 2.30. The number of nitrogens with two attached hydrogens (primary N) is 1. The fraction of sp³-hybridized carbons (Fsp3) is 0.0556. The van der Waals surface area contributed by atoms with Gasteiger partial charge in [-0.3, -0.25) is 0 Å². The fourth-order valence-electron chi connectivity index (χ4n) is 2.43. The van der Waals surface area contributed by atoms with E-state index in [9.17, 15) is 4.79 Å². The number of ether oxygens (including phenoxy) is 1. The van der Waals surface area contributed by atoms with E-state index in [1.54, 1.807) is 0 Å². The summed E-state index contributed by atoms with van der Waals surface area (Å²) in [5, 5.41) is 0. The predicted molar refractivity (Wildman–Crippen MR) is 85.3 cm³/mol. The third kappa shape index (κ3) is 2.35. The quantitative estimate of drug-likeness (QED) is 0.742. The highest BCUT2D eigenvalue weighted by molar-refractivity contribution is 6.05. The number of anilines is 1. The molecule has 0 radical (unpaired) electrons. The Morgan fingerprint density at radius 3 is 2.05 bits per heavy atom. The summed E-state index contributed by atoms with van der Waals surface area (Å²) in [6, 6.07) is 19.1. The van der Waals surface area contributed by atoms with Crippen LogP contribution in [0.2, 0.25) is 0 Å². The molecule has 0 amide bonds. The molecule has 110 valence electrons. The average Bonchev–Trinajstić information content (AvgIpc) is 2.93. The van der Waals surface area contributed by atoms with Crippen molar-refractivity contribution in [3.05, 3.63) is 66.2 Å². The Morgan fingerprint density at radius 2 is 1.50 bits per heavy atom. The number of benzene rings is 2. The molecule has 2 N–H and O–H groups in total. The van der Waals surface area contributed by atoms with Crippen LogP contribution in [0.3, 0.4) is 0 Å². The van der Waals surface area contributed by atoms with Crippen LogP contribution in [0.1, 0.15) is 10.4 Å². The molecule has 0 saturated carbocycles. The first-order chi connectivity index (χ1) is 10.7. The van der Waals surface area contributed by atoms with E-state index >= 15 is 0 Å². The highest BCUT2D eigenvalue weighted by Crippen LogP contribution is 2.40. The third-order valence-electron chi connectivity index (χ3n) is 3.42. The summed E-state index contributed by atoms with van der Waals surface area (Å²) in [6.07, 6.45) is 0. The zero-order valence-corrected chi connectivity index (χ0v) is 12.1. The minimum Gasteiger partial charge on any atom is -0.465 e. The lowest BCUT2D eigenvalue weighted by Crippen LogP contribution is -2.04. The first-order valence-electron chi connectivity index (χ1n) is 6.83. The molecular weight excluding hydrogens is 278 g/mol. The smallest absolute Gasteiger partial charge is 0.344 e. The van der Waals surface area contributed by atoms with Crippen LogP contribution < -0.4 is 5.73 Å². The van der Waals surface area contributed by atoms with Gasteiger partial charge < -0.3 is 14.9 Å². The summed E-state index contributed by atoms with van der Waals surface area (Å²) in [6.45, 7) is 0. The van der Waals surface area contributed by atoms with Crippen LogP contribution in [0.15, 0.2) is 65.1 Å². The van der Waals surface area contributed by atoms with E-state index in [4.69, 9.17) is 14.9 Å². The van der Waals surface area contributed by atoms with Crippen molar-refractivity contribution in [3.63, 3.8) is 0 Å². The van der Waals surface area contributed by atoms with Gasteiger partial charge in [0.25, 0.3) is 0 Å². The molecule has 0 aliphatic rings. The molecule has 22 heavy (non-hydrogen) atoms. The number of carbonyl (C=O) groups is 1. The lowest BCUT2D eigenvalue weighted by atomic mass is 9.98. The molecule has 0 spiro atoms. The largest absolute Gasteiger partial charge is 0.465 e. The SMILES string of the molecule is COC(=O)c1c(N)oc(-c2ccccc2)c1-c1ccccc1. The molecule has 0 saturated heterocycles. The maximum absolute atomic E-state index is 12.1. The minimum absolute atomic E-state index is 0.0598. The average molecular weight is 293 g/mol. The summed E-state index contributed by atoms with van der Waals surface area (Å²) in [5.41, 5.74) is 8.53. The molecule has 0 fully saturated rings. The van der Waals surface area contributed by atoms with Gasteiger partial charge in [-0.1, -0.05) is 60.7 Å². The van der Waals surface area contributed by atoms with Crippen molar-refractivity contribution in [2.24, 2.45) is 0 Å². The fourth-order valence-corrected chi connectivity index (χ4v) is 2.43. The number of furan rings is 1. The first-order valence-corrected chi connectivity index (χ1v) is 6.83. The summed E-state index contributed by atoms with van der Waals surface area (Å²) >= 11 is 0. The van der Waals surface area contributed by atoms with Crippen molar-refractivity contribution in [2.45, 2.75) is 0 Å². The number of rotatable bonds is 3. The second-order valence-corrected chi connectivity index (χ2v) is 4.77. The van der Waals surface area contributed by atoms with Crippen LogP contribution in [0.25, 0.3) is 22.5 Å². The van der Waals surface area contributed by atoms with Crippen molar-refractivity contribution in [2.75, 3.05) is 12.8 Å². The van der Waals surface area contributed by atoms with Crippen molar-refractivity contribution < 1.29 is 13.9 Å². The molecule has 0 atom stereocenters. The molecule has 3 aromatic rings. The van der Waals surface area contributed by atoms with Crippen molar-refractivity contribution in [1.82, 2.24) is 0 Å². The van der Waals surface area contributed by atoms with Gasteiger partial charge >= 0.3 is 5.97 Å². The topological polar surface area (TPSA) is 65.5 Å². The zero-order valence-electron chi connectivity index (χ0n) is 12.1. The maximum Gasteiger partial charge on any atom is 0.344 e. The van der Waals surface area contributed by atoms with Crippen LogP contribution in [0.5, 0.6) is 0 Å². The van der Waals surface area contributed by atoms with Gasteiger partial charge in [0.05, 0.1) is 7.11 Å². The number of hydrogen-bond donors (Lipinski definition) is 1. The monoisotopic (exact) mass is 293 g/mol. The molecule has 4 heteroatoms. The van der Waals surface area contributed by atoms with Gasteiger partial charge in [-0.05, 0) is 5.56 Å². The molecule has 1 aromatic heterocycles. The van der Waals surface area contributed by atoms with E-state index < -0.39 is 5.97 Å². The maximum atomic E-state index is 12.1. The van der Waals surface area contributed by atoms with Crippen molar-refractivity contribution >= 4 is 11.9 Å². The number of methoxy groups -OCH3 is 1. The van der Waals surface area contributed by atoms with Gasteiger partial charge in [-0.2, -0.15) is 0 Å². The van der Waals surface area contributed by atoms with E-state index in [1.807, 2.05) is 60.7 Å². The highest BCUT2D eigenvalue weighted by Gasteiger charge is 2.26. The molecule has 2 aromatic carbocycles. The van der Waals surface area contributed by atoms with Gasteiger partial charge in [-0.25, -0.2) is 4.79 Å². The van der Waals surface area contributed by atoms with Crippen LogP contribution in [0.4, 0.5) is 5.88 Å². The molecule has 1 heterocycles. The Morgan fingerprint density at radius 1 is 0.955 bits per heavy atom. The van der Waals surface area contributed by atoms with Crippen LogP contribution in [-0.4, -0.2) is 13.1 Å². The number of esters is 1. The van der Waals surface area contributed by atoms with Crippen LogP contribution in [-0.2, 0) is 4.74 Å². The molecular formula is C18H15NO3. The van der Waals surface area contributed by atoms with Gasteiger partial charge in [0.2, 0.25) is 5.88 Å². The number of nitrogen functional groups attached to an aromatic ring is 1. The predicted octanol–water partition coefficient (Wildman–Crippen LogP) is 3.98. The Hall–Kier alpha value is -3.01. The summed E-state index contributed by atoms with van der Waals surface area (Å²) in [7, 11) is 1.33. The van der Waals surface area contributed by atoms with Crippen molar-refractivity contribution in [3.8, 4) is 22.5 Å². The molecule has 4 nitrogen and oxygen atoms in total. The van der Waals surface area contributed by atoms with E-state index in [-0.39, 0.29) is 11.4 Å². The molecule has 0 bridgehead atoms. The molecule has 0 unspecified atom stereocenters. The second kappa shape index (κ2) is 5.77. The lowest BCUT2D eigenvalue weighted by Gasteiger charge is -2.05. The summed E-state index contributed by atoms with van der Waals surface area (Å²) in [4.78, 5) is 12.1. The highest BCUT2D eigenvalue weighted by atomic mass is 16.5. The van der Waals surface area contributed by atoms with E-state index in [0.29, 0.717) is 11.3 Å². The Kier molecular flexibility index (Phi) is 3.66. The van der Waals surface area contributed by atoms with Gasteiger partial charge in [0.1, 0.15) is 11.3 Å². The number of carbonyl (C=O) groups excluding carboxylic acids is 1. The normalized spacial score (nSPS) is 10.4. The van der Waals surface area contributed by atoms with E-state index in [2.05, 4.69) is 0 Å². The second-order valence-electron chi connectivity index (χ2n) is 4.77. The molecule has 0 aliphatic carbocycles. The molecule has 3 rings (SSSR count). The van der Waals surface area contributed by atoms with Crippen LogP contribution >= 0.6 is 0 Å². The number of hydrogen-bond acceptors (Lipinski definition) is 4. The molecule has 0 aliphatic heterocycles. The Labute approximate surface area is 128 Å². The lowest BCUT2D eigenvalue weighted by molar-refractivity contribution is 0.0602. The van der Waals surface area contributed by atoms with Gasteiger partial charge in [-0.15, -0.1) is 0 Å². The van der Waals surface area contributed by atoms with Gasteiger partial charge in [0.15, 0.2) is 0 Å². The van der Waals surface area contributed by atoms with Gasteiger partial charge in [0, 0.05) is 11.1 Å². The summed E-state index contributed by atoms with van der Waals surface area (Å²) in [5.74, 6) is 0.108. The zero-order chi connectivity index (χ0) is 15.5.